The molecule has 0 spiro atoms. The SMILES string of the molecule is OC1C2=CC3C1C(Cl)C(Cl)C(Cl)(C3Cl)C2(Cl)Cl. The van der Waals surface area contributed by atoms with Gasteiger partial charge in [-0.3, -0.25) is 0 Å². The van der Waals surface area contributed by atoms with Gasteiger partial charge < -0.3 is 5.11 Å². The van der Waals surface area contributed by atoms with Gasteiger partial charge in [-0.2, -0.15) is 0 Å². The first-order valence-corrected chi connectivity index (χ1v) is 7.58. The van der Waals surface area contributed by atoms with E-state index in [9.17, 15) is 5.11 Å². The summed E-state index contributed by atoms with van der Waals surface area (Å²) in [5.74, 6) is -0.412. The zero-order valence-corrected chi connectivity index (χ0v) is 12.8. The first-order chi connectivity index (χ1) is 7.74. The second kappa shape index (κ2) is 3.75. The van der Waals surface area contributed by atoms with E-state index in [4.69, 9.17) is 69.6 Å². The molecule has 7 unspecified atom stereocenters. The van der Waals surface area contributed by atoms with Gasteiger partial charge in [-0.15, -0.1) is 46.4 Å². The summed E-state index contributed by atoms with van der Waals surface area (Å²) in [7, 11) is 0. The third-order valence-corrected chi connectivity index (χ3v) is 8.29. The molecule has 96 valence electrons. The lowest BCUT2D eigenvalue weighted by Gasteiger charge is -2.52. The van der Waals surface area contributed by atoms with Crippen LogP contribution in [0, 0.1) is 11.8 Å². The maximum absolute atomic E-state index is 10.2. The van der Waals surface area contributed by atoms with Crippen LogP contribution in [0.5, 0.6) is 0 Å². The van der Waals surface area contributed by atoms with Crippen molar-refractivity contribution in [2.24, 2.45) is 11.8 Å². The van der Waals surface area contributed by atoms with Crippen LogP contribution < -0.4 is 0 Å². The first kappa shape index (κ1) is 13.4. The average molecular weight is 357 g/mol. The van der Waals surface area contributed by atoms with Crippen LogP contribution in [-0.4, -0.2) is 36.5 Å². The maximum Gasteiger partial charge on any atom is 0.163 e. The van der Waals surface area contributed by atoms with Crippen molar-refractivity contribution in [1.82, 2.24) is 0 Å². The number of aliphatic hydroxyl groups excluding tert-OH is 1. The highest BCUT2D eigenvalue weighted by Gasteiger charge is 2.74. The van der Waals surface area contributed by atoms with E-state index in [1.165, 1.54) is 0 Å². The van der Waals surface area contributed by atoms with Gasteiger partial charge in [0.1, 0.15) is 4.87 Å². The Balaban J connectivity index is 2.26. The highest BCUT2D eigenvalue weighted by Crippen LogP contribution is 2.67. The Kier molecular flexibility index (Phi) is 2.96. The van der Waals surface area contributed by atoms with Gasteiger partial charge in [0.05, 0.1) is 22.2 Å². The fourth-order valence-corrected chi connectivity index (χ4v) is 6.29. The predicted molar refractivity (Wildman–Crippen MR) is 73.0 cm³/mol. The smallest absolute Gasteiger partial charge is 0.163 e. The molecule has 1 saturated carbocycles. The Morgan fingerprint density at radius 2 is 1.65 bits per heavy atom. The third kappa shape index (κ3) is 1.31. The number of allylic oxidation sites excluding steroid dienone is 1. The molecule has 7 heteroatoms. The molecule has 3 bridgehead atoms. The zero-order valence-electron chi connectivity index (χ0n) is 8.26. The van der Waals surface area contributed by atoms with Crippen molar-refractivity contribution in [3.05, 3.63) is 11.6 Å². The van der Waals surface area contributed by atoms with Crippen LogP contribution in [0.25, 0.3) is 0 Å². The minimum absolute atomic E-state index is 0.137. The molecule has 1 fully saturated rings. The van der Waals surface area contributed by atoms with E-state index in [2.05, 4.69) is 0 Å². The first-order valence-electron chi connectivity index (χ1n) is 5.13. The van der Waals surface area contributed by atoms with Crippen molar-refractivity contribution in [2.75, 3.05) is 0 Å². The Morgan fingerprint density at radius 3 is 2.24 bits per heavy atom. The summed E-state index contributed by atoms with van der Waals surface area (Å²) in [6.07, 6.45) is 0.967. The maximum atomic E-state index is 10.2. The fourth-order valence-electron chi connectivity index (χ4n) is 3.22. The van der Waals surface area contributed by atoms with Gasteiger partial charge in [0.25, 0.3) is 0 Å². The van der Waals surface area contributed by atoms with E-state index in [0.717, 1.165) is 0 Å². The molecular formula is C10H8Cl6O. The summed E-state index contributed by atoms with van der Waals surface area (Å²) in [6, 6.07) is 0. The van der Waals surface area contributed by atoms with Gasteiger partial charge in [-0.05, 0) is 5.57 Å². The van der Waals surface area contributed by atoms with Crippen molar-refractivity contribution in [2.45, 2.75) is 31.4 Å². The quantitative estimate of drug-likeness (QED) is 0.520. The second-order valence-corrected chi connectivity index (χ2v) is 8.21. The fraction of sp³-hybridized carbons (Fsp3) is 0.800. The number of hydrogen-bond donors (Lipinski definition) is 1. The lowest BCUT2D eigenvalue weighted by molar-refractivity contribution is 0.122. The van der Waals surface area contributed by atoms with Gasteiger partial charge in [0.15, 0.2) is 4.33 Å². The third-order valence-electron chi connectivity index (χ3n) is 4.13. The molecule has 17 heavy (non-hydrogen) atoms. The molecule has 0 amide bonds. The van der Waals surface area contributed by atoms with Gasteiger partial charge >= 0.3 is 0 Å². The summed E-state index contributed by atoms with van der Waals surface area (Å²) in [4.78, 5) is -1.27. The summed E-state index contributed by atoms with van der Waals surface area (Å²) in [5.41, 5.74) is 0.483. The average Bonchev–Trinajstić information content (AvgIpc) is 2.57. The van der Waals surface area contributed by atoms with Crippen LogP contribution in [0.2, 0.25) is 0 Å². The highest BCUT2D eigenvalue weighted by molar-refractivity contribution is 6.59. The number of alkyl halides is 6. The molecular weight excluding hydrogens is 349 g/mol. The molecule has 3 rings (SSSR count). The van der Waals surface area contributed by atoms with E-state index < -0.39 is 31.4 Å². The van der Waals surface area contributed by atoms with Crippen molar-refractivity contribution < 1.29 is 5.11 Å². The van der Waals surface area contributed by atoms with E-state index in [-0.39, 0.29) is 11.8 Å². The van der Waals surface area contributed by atoms with Crippen LogP contribution in [0.1, 0.15) is 0 Å². The van der Waals surface area contributed by atoms with Crippen LogP contribution in [-0.2, 0) is 0 Å². The summed E-state index contributed by atoms with van der Waals surface area (Å²) < 4.78 is -1.50. The van der Waals surface area contributed by atoms with Crippen LogP contribution in [0.4, 0.5) is 0 Å². The molecule has 0 radical (unpaired) electrons. The lowest BCUT2D eigenvalue weighted by atomic mass is 9.72. The van der Waals surface area contributed by atoms with Gasteiger partial charge in [-0.1, -0.05) is 29.3 Å². The van der Waals surface area contributed by atoms with Crippen molar-refractivity contribution in [3.8, 4) is 0 Å². The van der Waals surface area contributed by atoms with Gasteiger partial charge in [0, 0.05) is 11.8 Å². The second-order valence-electron chi connectivity index (χ2n) is 4.81. The van der Waals surface area contributed by atoms with Crippen molar-refractivity contribution >= 4 is 69.6 Å². The molecule has 3 aliphatic rings. The van der Waals surface area contributed by atoms with Crippen molar-refractivity contribution in [3.63, 3.8) is 0 Å². The molecule has 0 aliphatic heterocycles. The summed E-state index contributed by atoms with van der Waals surface area (Å²) in [6.45, 7) is 0. The minimum atomic E-state index is -1.50. The largest absolute Gasteiger partial charge is 0.388 e. The molecule has 0 heterocycles. The monoisotopic (exact) mass is 354 g/mol. The number of rotatable bonds is 0. The number of fused-ring (bicyclic) bond motifs is 1. The molecule has 1 N–H and O–H groups in total. The van der Waals surface area contributed by atoms with E-state index in [0.29, 0.717) is 5.57 Å². The Morgan fingerprint density at radius 1 is 1.06 bits per heavy atom. The molecule has 0 aromatic rings. The predicted octanol–water partition coefficient (Wildman–Crippen LogP) is 3.52. The molecule has 7 atom stereocenters. The minimum Gasteiger partial charge on any atom is -0.388 e. The van der Waals surface area contributed by atoms with Crippen LogP contribution >= 0.6 is 69.6 Å². The lowest BCUT2D eigenvalue weighted by Crippen LogP contribution is -2.64. The number of hydrogen-bond acceptors (Lipinski definition) is 1. The standard InChI is InChI=1S/C10H8Cl6O/c11-5-4-2-1-3(6(4)17)10(15,16)9(14,7(2)12)8(5)13/h1-2,4-8,17H. The number of aliphatic hydroxyl groups is 1. The molecule has 0 aromatic carbocycles. The van der Waals surface area contributed by atoms with Gasteiger partial charge in [-0.25, -0.2) is 0 Å². The van der Waals surface area contributed by atoms with Crippen LogP contribution in [0.15, 0.2) is 11.6 Å². The molecule has 3 aliphatic carbocycles. The summed E-state index contributed by atoms with van der Waals surface area (Å²) in [5, 5.41) is 8.47. The van der Waals surface area contributed by atoms with Crippen molar-refractivity contribution in [1.29, 1.82) is 0 Å². The molecule has 1 nitrogen and oxygen atoms in total. The van der Waals surface area contributed by atoms with Gasteiger partial charge in [0.2, 0.25) is 0 Å². The van der Waals surface area contributed by atoms with E-state index in [1.54, 1.807) is 6.08 Å². The van der Waals surface area contributed by atoms with E-state index in [1.807, 2.05) is 0 Å². The Labute approximate surface area is 129 Å². The highest BCUT2D eigenvalue weighted by atomic mass is 35.5. The number of halogens is 6. The Bertz CT molecular complexity index is 410. The van der Waals surface area contributed by atoms with Crippen LogP contribution in [0.3, 0.4) is 0 Å². The molecule has 0 saturated heterocycles. The topological polar surface area (TPSA) is 20.2 Å². The van der Waals surface area contributed by atoms with E-state index >= 15 is 0 Å². The Hall–Kier alpha value is 1.44. The normalized spacial score (nSPS) is 59.4. The zero-order chi connectivity index (χ0) is 12.7. The summed E-state index contributed by atoms with van der Waals surface area (Å²) >= 11 is 38.1. The molecule has 0 aromatic heterocycles.